The molecule has 150 valence electrons. The lowest BCUT2D eigenvalue weighted by Gasteiger charge is -2.35. The highest BCUT2D eigenvalue weighted by atomic mass is 32.1. The molecule has 28 heavy (non-hydrogen) atoms. The third-order valence-corrected chi connectivity index (χ3v) is 5.92. The van der Waals surface area contributed by atoms with Crippen LogP contribution >= 0.6 is 12.2 Å². The zero-order chi connectivity index (χ0) is 20.3. The van der Waals surface area contributed by atoms with Crippen molar-refractivity contribution >= 4 is 34.0 Å². The van der Waals surface area contributed by atoms with E-state index in [1.54, 1.807) is 25.2 Å². The second kappa shape index (κ2) is 8.68. The fraction of sp³-hybridized carbons (Fsp3) is 0.500. The minimum Gasteiger partial charge on any atom is -0.358 e. The van der Waals surface area contributed by atoms with E-state index < -0.39 is 0 Å². The van der Waals surface area contributed by atoms with E-state index in [0.29, 0.717) is 39.5 Å². The number of nitrogens with zero attached hydrogens (tertiary/aromatic N) is 2. The van der Waals surface area contributed by atoms with Crippen LogP contribution in [0.2, 0.25) is 0 Å². The van der Waals surface area contributed by atoms with Crippen molar-refractivity contribution in [3.8, 4) is 0 Å². The average molecular weight is 402 g/mol. The third-order valence-electron chi connectivity index (χ3n) is 5.70. The molecule has 0 bridgehead atoms. The monoisotopic (exact) mass is 401 g/mol. The summed E-state index contributed by atoms with van der Waals surface area (Å²) < 4.78 is 1.26. The van der Waals surface area contributed by atoms with Gasteiger partial charge < -0.3 is 5.32 Å². The van der Waals surface area contributed by atoms with Gasteiger partial charge in [-0.05, 0) is 36.5 Å². The number of carbonyl (C=O) groups excluding carboxylic acids is 1. The molecule has 1 aliphatic rings. The molecular formula is C20H27N5O2S. The highest BCUT2D eigenvalue weighted by Crippen LogP contribution is 2.29. The molecule has 8 heteroatoms. The van der Waals surface area contributed by atoms with Crippen molar-refractivity contribution in [1.82, 2.24) is 25.9 Å². The molecule has 3 rings (SSSR count). The number of aromatic nitrogens is 2. The molecule has 0 spiro atoms. The molecule has 0 radical (unpaired) electrons. The van der Waals surface area contributed by atoms with Crippen LogP contribution in [0.3, 0.4) is 0 Å². The van der Waals surface area contributed by atoms with Gasteiger partial charge in [0.05, 0.1) is 17.5 Å². The first-order chi connectivity index (χ1) is 13.4. The van der Waals surface area contributed by atoms with Gasteiger partial charge >= 0.3 is 0 Å². The number of hydrogen-bond acceptors (Lipinski definition) is 4. The zero-order valence-corrected chi connectivity index (χ0v) is 17.3. The van der Waals surface area contributed by atoms with Gasteiger partial charge in [-0.2, -0.15) is 5.10 Å². The predicted molar refractivity (Wildman–Crippen MR) is 114 cm³/mol. The third kappa shape index (κ3) is 4.49. The predicted octanol–water partition coefficient (Wildman–Crippen LogP) is 1.80. The molecule has 1 aliphatic carbocycles. The van der Waals surface area contributed by atoms with E-state index in [0.717, 1.165) is 6.42 Å². The quantitative estimate of drug-likeness (QED) is 0.537. The maximum atomic E-state index is 12.4. The Morgan fingerprint density at radius 3 is 2.68 bits per heavy atom. The number of benzene rings is 1. The number of fused-ring (bicyclic) bond motifs is 1. The summed E-state index contributed by atoms with van der Waals surface area (Å²) in [6.07, 6.45) is 3.55. The molecule has 1 heterocycles. The van der Waals surface area contributed by atoms with Crippen molar-refractivity contribution in [2.24, 2.45) is 18.9 Å². The number of thiocarbonyl (C=S) groups is 1. The second-order valence-electron chi connectivity index (χ2n) is 7.62. The molecule has 3 N–H and O–H groups in total. The Labute approximate surface area is 169 Å². The normalized spacial score (nSPS) is 21.9. The molecule has 3 atom stereocenters. The van der Waals surface area contributed by atoms with Gasteiger partial charge in [0.2, 0.25) is 5.91 Å². The Hall–Kier alpha value is -2.48. The molecule has 1 aromatic heterocycles. The summed E-state index contributed by atoms with van der Waals surface area (Å²) in [6, 6.07) is 7.48. The van der Waals surface area contributed by atoms with Gasteiger partial charge in [0.15, 0.2) is 5.11 Å². The smallest absolute Gasteiger partial charge is 0.274 e. The first-order valence-corrected chi connectivity index (χ1v) is 10.1. The lowest BCUT2D eigenvalue weighted by Crippen LogP contribution is -2.52. The van der Waals surface area contributed by atoms with Gasteiger partial charge in [-0.25, -0.2) is 4.68 Å². The van der Waals surface area contributed by atoms with Crippen LogP contribution in [0, 0.1) is 11.8 Å². The Morgan fingerprint density at radius 1 is 1.21 bits per heavy atom. The van der Waals surface area contributed by atoms with Gasteiger partial charge in [0.1, 0.15) is 0 Å². The maximum absolute atomic E-state index is 12.4. The van der Waals surface area contributed by atoms with Crippen molar-refractivity contribution in [3.05, 3.63) is 40.3 Å². The molecule has 1 amide bonds. The molecule has 1 fully saturated rings. The van der Waals surface area contributed by atoms with E-state index in [-0.39, 0.29) is 17.9 Å². The Kier molecular flexibility index (Phi) is 6.28. The molecule has 1 saturated carbocycles. The number of aryl methyl sites for hydroxylation is 1. The van der Waals surface area contributed by atoms with Crippen molar-refractivity contribution in [3.63, 3.8) is 0 Å². The Morgan fingerprint density at radius 2 is 1.93 bits per heavy atom. The fourth-order valence-electron chi connectivity index (χ4n) is 3.82. The summed E-state index contributed by atoms with van der Waals surface area (Å²) in [7, 11) is 1.58. The summed E-state index contributed by atoms with van der Waals surface area (Å²) in [6.45, 7) is 4.50. The standard InChI is InChI=1S/C20H27N5O2S/c1-12-7-6-10-16(13(12)2)21-20(28)23-22-18(26)11-17-14-8-4-5-9-15(14)19(27)25(3)24-17/h4-5,8-9,12-13,16H,6-7,10-11H2,1-3H3,(H,22,26)(H2,21,23,28)/t12-,13+,16-/m0/s1. The number of rotatable bonds is 3. The van der Waals surface area contributed by atoms with Crippen LogP contribution in [-0.4, -0.2) is 26.8 Å². The van der Waals surface area contributed by atoms with Crippen molar-refractivity contribution < 1.29 is 4.79 Å². The lowest BCUT2D eigenvalue weighted by molar-refractivity contribution is -0.121. The van der Waals surface area contributed by atoms with Crippen LogP contribution in [0.25, 0.3) is 10.8 Å². The molecule has 0 aliphatic heterocycles. The van der Waals surface area contributed by atoms with Crippen LogP contribution < -0.4 is 21.7 Å². The van der Waals surface area contributed by atoms with Crippen LogP contribution in [0.4, 0.5) is 0 Å². The van der Waals surface area contributed by atoms with E-state index in [4.69, 9.17) is 12.2 Å². The van der Waals surface area contributed by atoms with Gasteiger partial charge in [-0.15, -0.1) is 0 Å². The zero-order valence-electron chi connectivity index (χ0n) is 16.5. The maximum Gasteiger partial charge on any atom is 0.274 e. The highest BCUT2D eigenvalue weighted by Gasteiger charge is 2.27. The minimum absolute atomic E-state index is 0.0428. The highest BCUT2D eigenvalue weighted by molar-refractivity contribution is 7.80. The van der Waals surface area contributed by atoms with Crippen molar-refractivity contribution in [1.29, 1.82) is 0 Å². The summed E-state index contributed by atoms with van der Waals surface area (Å²) in [5.41, 5.74) is 5.77. The van der Waals surface area contributed by atoms with E-state index in [1.165, 1.54) is 17.5 Å². The fourth-order valence-corrected chi connectivity index (χ4v) is 4.02. The molecule has 7 nitrogen and oxygen atoms in total. The van der Waals surface area contributed by atoms with E-state index in [2.05, 4.69) is 35.1 Å². The average Bonchev–Trinajstić information content (AvgIpc) is 2.68. The molecular weight excluding hydrogens is 374 g/mol. The first kappa shape index (κ1) is 20.3. The van der Waals surface area contributed by atoms with Gasteiger partial charge in [0, 0.05) is 18.5 Å². The first-order valence-electron chi connectivity index (χ1n) is 9.67. The van der Waals surface area contributed by atoms with Crippen molar-refractivity contribution in [2.45, 2.75) is 45.6 Å². The second-order valence-corrected chi connectivity index (χ2v) is 8.03. The summed E-state index contributed by atoms with van der Waals surface area (Å²) in [4.78, 5) is 24.6. The summed E-state index contributed by atoms with van der Waals surface area (Å²) in [5, 5.41) is 9.21. The topological polar surface area (TPSA) is 88.0 Å². The lowest BCUT2D eigenvalue weighted by atomic mass is 9.78. The molecule has 0 unspecified atom stereocenters. The van der Waals surface area contributed by atoms with E-state index in [9.17, 15) is 9.59 Å². The minimum atomic E-state index is -0.273. The van der Waals surface area contributed by atoms with Gasteiger partial charge in [0.25, 0.3) is 5.56 Å². The Bertz CT molecular complexity index is 942. The Balaban J connectivity index is 1.59. The largest absolute Gasteiger partial charge is 0.358 e. The number of hydrogen-bond donors (Lipinski definition) is 3. The van der Waals surface area contributed by atoms with Crippen molar-refractivity contribution in [2.75, 3.05) is 0 Å². The van der Waals surface area contributed by atoms with Crippen LogP contribution in [-0.2, 0) is 18.3 Å². The van der Waals surface area contributed by atoms with Crippen LogP contribution in [0.5, 0.6) is 0 Å². The van der Waals surface area contributed by atoms with Gasteiger partial charge in [-0.3, -0.25) is 20.4 Å². The molecule has 2 aromatic rings. The van der Waals surface area contributed by atoms with Crippen LogP contribution in [0.1, 0.15) is 38.8 Å². The SMILES string of the molecule is C[C@H]1[C@@H](NC(=S)NNC(=O)Cc2nn(C)c(=O)c3ccccc23)CCC[C@@H]1C. The molecule has 0 saturated heterocycles. The number of carbonyl (C=O) groups is 1. The number of amides is 1. The molecule has 1 aromatic carbocycles. The van der Waals surface area contributed by atoms with E-state index >= 15 is 0 Å². The van der Waals surface area contributed by atoms with E-state index in [1.807, 2.05) is 6.07 Å². The van der Waals surface area contributed by atoms with Gasteiger partial charge in [-0.1, -0.05) is 44.9 Å². The number of nitrogens with one attached hydrogen (secondary N) is 3. The summed E-state index contributed by atoms with van der Waals surface area (Å²) in [5.74, 6) is 0.920. The van der Waals surface area contributed by atoms with Crippen LogP contribution in [0.15, 0.2) is 29.1 Å². The number of hydrazine groups is 1. The summed E-state index contributed by atoms with van der Waals surface area (Å²) >= 11 is 5.33.